The zero-order valence-electron chi connectivity index (χ0n) is 15.0. The molecule has 0 aliphatic heterocycles. The highest BCUT2D eigenvalue weighted by Gasteiger charge is 2.16. The van der Waals surface area contributed by atoms with E-state index >= 15 is 0 Å². The molecule has 4 N–H and O–H groups in total. The number of carbonyl (C=O) groups excluding carboxylic acids is 1. The fraction of sp³-hybridized carbons (Fsp3) is 0.350. The standard InChI is InChI=1S/C20H26FN3O2/c1-2-12-24(17-6-4-3-5-7-17)14-16(9-11-20(22)26)23-15-8-10-19(25)18(21)13-15/h3-8,10,13,16,23,25H,2,9,11-12,14H2,1H3,(H2,22,26). The van der Waals surface area contributed by atoms with Crippen molar-refractivity contribution in [1.82, 2.24) is 0 Å². The third-order valence-corrected chi connectivity index (χ3v) is 4.11. The highest BCUT2D eigenvalue weighted by Crippen LogP contribution is 2.22. The van der Waals surface area contributed by atoms with Crippen molar-refractivity contribution in [2.45, 2.75) is 32.2 Å². The van der Waals surface area contributed by atoms with E-state index in [-0.39, 0.29) is 24.1 Å². The summed E-state index contributed by atoms with van der Waals surface area (Å²) in [6.45, 7) is 3.62. The van der Waals surface area contributed by atoms with Gasteiger partial charge in [-0.3, -0.25) is 4.79 Å². The van der Waals surface area contributed by atoms with Crippen molar-refractivity contribution in [3.05, 3.63) is 54.3 Å². The Labute approximate surface area is 153 Å². The van der Waals surface area contributed by atoms with Crippen LogP contribution in [0.2, 0.25) is 0 Å². The minimum absolute atomic E-state index is 0.0989. The molecule has 0 aliphatic carbocycles. The van der Waals surface area contributed by atoms with Gasteiger partial charge in [0.2, 0.25) is 5.91 Å². The van der Waals surface area contributed by atoms with Crippen LogP contribution in [-0.4, -0.2) is 30.1 Å². The summed E-state index contributed by atoms with van der Waals surface area (Å²) in [5, 5.41) is 12.6. The first kappa shape index (κ1) is 19.6. The molecular weight excluding hydrogens is 333 g/mol. The maximum Gasteiger partial charge on any atom is 0.217 e. The number of hydrogen-bond acceptors (Lipinski definition) is 4. The van der Waals surface area contributed by atoms with Crippen molar-refractivity contribution in [2.24, 2.45) is 5.73 Å². The number of phenols is 1. The summed E-state index contributed by atoms with van der Waals surface area (Å²) < 4.78 is 13.6. The van der Waals surface area contributed by atoms with Gasteiger partial charge < -0.3 is 21.1 Å². The monoisotopic (exact) mass is 359 g/mol. The summed E-state index contributed by atoms with van der Waals surface area (Å²) >= 11 is 0. The molecule has 1 unspecified atom stereocenters. The second-order valence-electron chi connectivity index (χ2n) is 6.29. The number of nitrogens with one attached hydrogen (secondary N) is 1. The Hall–Kier alpha value is -2.76. The average Bonchev–Trinajstić information content (AvgIpc) is 2.63. The summed E-state index contributed by atoms with van der Waals surface area (Å²) in [5.74, 6) is -1.44. The maximum absolute atomic E-state index is 13.6. The van der Waals surface area contributed by atoms with Gasteiger partial charge in [0.1, 0.15) is 0 Å². The molecule has 1 atom stereocenters. The van der Waals surface area contributed by atoms with Crippen LogP contribution in [-0.2, 0) is 4.79 Å². The third-order valence-electron chi connectivity index (χ3n) is 4.11. The molecule has 140 valence electrons. The van der Waals surface area contributed by atoms with Crippen LogP contribution < -0.4 is 16.0 Å². The van der Waals surface area contributed by atoms with Gasteiger partial charge in [-0.2, -0.15) is 0 Å². The van der Waals surface area contributed by atoms with Crippen LogP contribution in [0.15, 0.2) is 48.5 Å². The molecule has 5 nitrogen and oxygen atoms in total. The van der Waals surface area contributed by atoms with Crippen molar-refractivity contribution in [3.8, 4) is 5.75 Å². The van der Waals surface area contributed by atoms with Gasteiger partial charge in [0.25, 0.3) is 0 Å². The Morgan fingerprint density at radius 1 is 1.27 bits per heavy atom. The van der Waals surface area contributed by atoms with Gasteiger partial charge in [0.05, 0.1) is 0 Å². The number of nitrogens with two attached hydrogens (primary N) is 1. The first-order valence-corrected chi connectivity index (χ1v) is 8.83. The van der Waals surface area contributed by atoms with Gasteiger partial charge in [-0.1, -0.05) is 25.1 Å². The summed E-state index contributed by atoms with van der Waals surface area (Å²) in [6.07, 6.45) is 1.75. The summed E-state index contributed by atoms with van der Waals surface area (Å²) in [6, 6.07) is 14.1. The molecule has 0 saturated heterocycles. The van der Waals surface area contributed by atoms with E-state index in [1.807, 2.05) is 30.3 Å². The fourth-order valence-electron chi connectivity index (χ4n) is 2.86. The first-order valence-electron chi connectivity index (χ1n) is 8.83. The minimum atomic E-state index is -0.683. The van der Waals surface area contributed by atoms with Gasteiger partial charge >= 0.3 is 0 Å². The highest BCUT2D eigenvalue weighted by molar-refractivity contribution is 5.73. The van der Waals surface area contributed by atoms with E-state index in [9.17, 15) is 14.3 Å². The van der Waals surface area contributed by atoms with Crippen LogP contribution in [0.4, 0.5) is 15.8 Å². The molecule has 0 spiro atoms. The SMILES string of the molecule is CCCN(CC(CCC(N)=O)Nc1ccc(O)c(F)c1)c1ccccc1. The number of para-hydroxylation sites is 1. The molecule has 2 aromatic rings. The maximum atomic E-state index is 13.6. The number of nitrogens with zero attached hydrogens (tertiary/aromatic N) is 1. The Morgan fingerprint density at radius 3 is 2.62 bits per heavy atom. The molecule has 0 aromatic heterocycles. The molecule has 2 rings (SSSR count). The van der Waals surface area contributed by atoms with E-state index in [1.54, 1.807) is 6.07 Å². The number of benzene rings is 2. The molecule has 2 aromatic carbocycles. The lowest BCUT2D eigenvalue weighted by molar-refractivity contribution is -0.118. The molecule has 6 heteroatoms. The number of rotatable bonds is 10. The Balaban J connectivity index is 2.16. The van der Waals surface area contributed by atoms with Gasteiger partial charge in [-0.05, 0) is 37.1 Å². The second-order valence-corrected chi connectivity index (χ2v) is 6.29. The van der Waals surface area contributed by atoms with E-state index in [2.05, 4.69) is 17.1 Å². The van der Waals surface area contributed by atoms with Gasteiger partial charge in [-0.15, -0.1) is 0 Å². The molecule has 0 heterocycles. The molecular formula is C20H26FN3O2. The Kier molecular flexibility index (Phi) is 7.26. The lowest BCUT2D eigenvalue weighted by Gasteiger charge is -2.30. The summed E-state index contributed by atoms with van der Waals surface area (Å²) in [4.78, 5) is 13.5. The van der Waals surface area contributed by atoms with Crippen molar-refractivity contribution in [3.63, 3.8) is 0 Å². The van der Waals surface area contributed by atoms with Crippen molar-refractivity contribution < 1.29 is 14.3 Å². The first-order chi connectivity index (χ1) is 12.5. The number of primary amides is 1. The highest BCUT2D eigenvalue weighted by atomic mass is 19.1. The normalized spacial score (nSPS) is 11.8. The topological polar surface area (TPSA) is 78.6 Å². The van der Waals surface area contributed by atoms with Gasteiger partial charge in [-0.25, -0.2) is 4.39 Å². The van der Waals surface area contributed by atoms with E-state index in [0.29, 0.717) is 18.7 Å². The molecule has 26 heavy (non-hydrogen) atoms. The summed E-state index contributed by atoms with van der Waals surface area (Å²) in [7, 11) is 0. The van der Waals surface area contributed by atoms with Crippen LogP contribution in [0.3, 0.4) is 0 Å². The Morgan fingerprint density at radius 2 is 2.00 bits per heavy atom. The molecule has 0 saturated carbocycles. The average molecular weight is 359 g/mol. The largest absolute Gasteiger partial charge is 0.505 e. The van der Waals surface area contributed by atoms with E-state index < -0.39 is 5.82 Å². The molecule has 0 radical (unpaired) electrons. The number of phenolic OH excluding ortho intramolecular Hbond substituents is 1. The van der Waals surface area contributed by atoms with Crippen LogP contribution in [0, 0.1) is 5.82 Å². The molecule has 0 aliphatic rings. The number of aromatic hydroxyl groups is 1. The summed E-state index contributed by atoms with van der Waals surface area (Å²) in [5.41, 5.74) is 6.95. The van der Waals surface area contributed by atoms with Gasteiger partial charge in [0, 0.05) is 43.0 Å². The lowest BCUT2D eigenvalue weighted by atomic mass is 10.1. The number of amides is 1. The van der Waals surface area contributed by atoms with Crippen LogP contribution in [0.25, 0.3) is 0 Å². The predicted octanol–water partition coefficient (Wildman–Crippen LogP) is 3.49. The zero-order chi connectivity index (χ0) is 18.9. The second kappa shape index (κ2) is 9.65. The Bertz CT molecular complexity index is 709. The van der Waals surface area contributed by atoms with Crippen molar-refractivity contribution in [2.75, 3.05) is 23.3 Å². The third kappa shape index (κ3) is 5.95. The molecule has 1 amide bonds. The quantitative estimate of drug-likeness (QED) is 0.568. The van der Waals surface area contributed by atoms with Crippen molar-refractivity contribution >= 4 is 17.3 Å². The van der Waals surface area contributed by atoms with Crippen LogP contribution >= 0.6 is 0 Å². The van der Waals surface area contributed by atoms with Crippen molar-refractivity contribution in [1.29, 1.82) is 0 Å². The van der Waals surface area contributed by atoms with Crippen LogP contribution in [0.1, 0.15) is 26.2 Å². The number of halogens is 1. The smallest absolute Gasteiger partial charge is 0.217 e. The molecule has 0 fully saturated rings. The van der Waals surface area contributed by atoms with E-state index in [0.717, 1.165) is 18.7 Å². The zero-order valence-corrected chi connectivity index (χ0v) is 15.0. The van der Waals surface area contributed by atoms with Gasteiger partial charge in [0.15, 0.2) is 11.6 Å². The van der Waals surface area contributed by atoms with E-state index in [4.69, 9.17) is 5.73 Å². The number of carbonyl (C=O) groups is 1. The fourth-order valence-corrected chi connectivity index (χ4v) is 2.86. The molecule has 0 bridgehead atoms. The lowest BCUT2D eigenvalue weighted by Crippen LogP contribution is -2.38. The van der Waals surface area contributed by atoms with Crippen LogP contribution in [0.5, 0.6) is 5.75 Å². The number of anilines is 2. The van der Waals surface area contributed by atoms with E-state index in [1.165, 1.54) is 12.1 Å². The minimum Gasteiger partial charge on any atom is -0.505 e. The number of hydrogen-bond donors (Lipinski definition) is 3. The predicted molar refractivity (Wildman–Crippen MR) is 103 cm³/mol.